The van der Waals surface area contributed by atoms with Crippen molar-refractivity contribution in [2.24, 2.45) is 0 Å². The summed E-state index contributed by atoms with van der Waals surface area (Å²) in [6.45, 7) is 6.02. The van der Waals surface area contributed by atoms with E-state index in [1.54, 1.807) is 6.20 Å². The van der Waals surface area contributed by atoms with Crippen LogP contribution in [0.15, 0.2) is 29.8 Å². The van der Waals surface area contributed by atoms with Gasteiger partial charge >= 0.3 is 0 Å². The number of rotatable bonds is 6. The molecule has 1 atom stereocenters. The van der Waals surface area contributed by atoms with Crippen molar-refractivity contribution in [1.29, 1.82) is 0 Å². The Kier molecular flexibility index (Phi) is 5.58. The lowest BCUT2D eigenvalue weighted by molar-refractivity contribution is 0.0504. The molecular weight excluding hydrogens is 322 g/mol. The van der Waals surface area contributed by atoms with Crippen molar-refractivity contribution in [3.8, 4) is 0 Å². The zero-order valence-electron chi connectivity index (χ0n) is 14.1. The van der Waals surface area contributed by atoms with E-state index in [-0.39, 0.29) is 12.0 Å². The molecule has 0 spiro atoms. The zero-order valence-corrected chi connectivity index (χ0v) is 15.0. The lowest BCUT2D eigenvalue weighted by Gasteiger charge is -2.24. The minimum atomic E-state index is -0.0342. The summed E-state index contributed by atoms with van der Waals surface area (Å²) in [6.07, 6.45) is 3.93. The Morgan fingerprint density at radius 2 is 2.33 bits per heavy atom. The number of amides is 1. The fourth-order valence-electron chi connectivity index (χ4n) is 2.73. The van der Waals surface area contributed by atoms with Gasteiger partial charge in [0.2, 0.25) is 0 Å². The Bertz CT molecular complexity index is 666. The Morgan fingerprint density at radius 1 is 1.46 bits per heavy atom. The summed E-state index contributed by atoms with van der Waals surface area (Å²) < 4.78 is 5.72. The Morgan fingerprint density at radius 3 is 2.96 bits per heavy atom. The van der Waals surface area contributed by atoms with Crippen molar-refractivity contribution in [2.75, 3.05) is 13.2 Å². The summed E-state index contributed by atoms with van der Waals surface area (Å²) in [6, 6.07) is 5.76. The number of hydrogen-bond donors (Lipinski definition) is 0. The van der Waals surface area contributed by atoms with Crippen LogP contribution in [0.2, 0.25) is 0 Å². The lowest BCUT2D eigenvalue weighted by Crippen LogP contribution is -2.37. The molecule has 128 valence electrons. The molecule has 6 heteroatoms. The summed E-state index contributed by atoms with van der Waals surface area (Å²) in [4.78, 5) is 23.6. The highest BCUT2D eigenvalue weighted by Gasteiger charge is 2.26. The van der Waals surface area contributed by atoms with Gasteiger partial charge in [-0.3, -0.25) is 9.78 Å². The molecule has 1 aliphatic heterocycles. The largest absolute Gasteiger partial charge is 0.376 e. The first-order chi connectivity index (χ1) is 11.6. The Hall–Kier alpha value is -1.79. The van der Waals surface area contributed by atoms with Crippen LogP contribution in [0.3, 0.4) is 0 Å². The standard InChI is InChI=1S/C18H23N3O2S/c1-13(2)16-12-24-17(20-16)18(22)21(11-15-7-5-9-23-15)10-14-6-3-4-8-19-14/h3-4,6,8,12-13,15H,5,7,9-11H2,1-2H3. The van der Waals surface area contributed by atoms with E-state index in [9.17, 15) is 4.79 Å². The van der Waals surface area contributed by atoms with E-state index in [0.29, 0.717) is 24.0 Å². The SMILES string of the molecule is CC(C)c1csc(C(=O)N(Cc2ccccn2)CC2CCCO2)n1. The van der Waals surface area contributed by atoms with Crippen LogP contribution < -0.4 is 0 Å². The molecule has 3 rings (SSSR count). The smallest absolute Gasteiger partial charge is 0.283 e. The maximum absolute atomic E-state index is 13.0. The van der Waals surface area contributed by atoms with Gasteiger partial charge in [0.15, 0.2) is 5.01 Å². The summed E-state index contributed by atoms with van der Waals surface area (Å²) in [5.74, 6) is 0.290. The van der Waals surface area contributed by atoms with Gasteiger partial charge in [-0.2, -0.15) is 0 Å². The van der Waals surface area contributed by atoms with Gasteiger partial charge in [-0.1, -0.05) is 19.9 Å². The van der Waals surface area contributed by atoms with Crippen LogP contribution in [-0.2, 0) is 11.3 Å². The van der Waals surface area contributed by atoms with Gasteiger partial charge in [-0.15, -0.1) is 11.3 Å². The number of ether oxygens (including phenoxy) is 1. The normalized spacial score (nSPS) is 17.4. The molecule has 2 aromatic rings. The van der Waals surface area contributed by atoms with E-state index >= 15 is 0 Å². The minimum absolute atomic E-state index is 0.0342. The van der Waals surface area contributed by atoms with E-state index in [1.165, 1.54) is 11.3 Å². The first-order valence-corrected chi connectivity index (χ1v) is 9.27. The second-order valence-corrected chi connectivity index (χ2v) is 7.23. The average Bonchev–Trinajstić information content (AvgIpc) is 3.26. The molecule has 0 aliphatic carbocycles. The molecular formula is C18H23N3O2S. The van der Waals surface area contributed by atoms with Crippen LogP contribution in [0.25, 0.3) is 0 Å². The molecule has 1 unspecified atom stereocenters. The maximum atomic E-state index is 13.0. The van der Waals surface area contributed by atoms with Crippen LogP contribution in [0.4, 0.5) is 0 Å². The fourth-order valence-corrected chi connectivity index (χ4v) is 3.67. The molecule has 1 aliphatic rings. The number of aromatic nitrogens is 2. The molecule has 5 nitrogen and oxygen atoms in total. The summed E-state index contributed by atoms with van der Waals surface area (Å²) in [5.41, 5.74) is 1.85. The monoisotopic (exact) mass is 345 g/mol. The summed E-state index contributed by atoms with van der Waals surface area (Å²) in [5, 5.41) is 2.52. The number of thiazole rings is 1. The Labute approximate surface area is 146 Å². The summed E-state index contributed by atoms with van der Waals surface area (Å²) >= 11 is 1.42. The molecule has 1 saturated heterocycles. The topological polar surface area (TPSA) is 55.3 Å². The third-order valence-corrected chi connectivity index (χ3v) is 4.96. The third-order valence-electron chi connectivity index (χ3n) is 4.11. The highest BCUT2D eigenvalue weighted by Crippen LogP contribution is 2.21. The third kappa shape index (κ3) is 4.19. The lowest BCUT2D eigenvalue weighted by atomic mass is 10.2. The molecule has 1 fully saturated rings. The predicted molar refractivity (Wildman–Crippen MR) is 94.2 cm³/mol. The second-order valence-electron chi connectivity index (χ2n) is 6.37. The van der Waals surface area contributed by atoms with Crippen molar-refractivity contribution < 1.29 is 9.53 Å². The van der Waals surface area contributed by atoms with Crippen LogP contribution >= 0.6 is 11.3 Å². The molecule has 0 bridgehead atoms. The van der Waals surface area contributed by atoms with Gasteiger partial charge in [0, 0.05) is 24.7 Å². The van der Waals surface area contributed by atoms with Crippen LogP contribution in [0, 0.1) is 0 Å². The second kappa shape index (κ2) is 7.85. The van der Waals surface area contributed by atoms with Gasteiger partial charge in [-0.05, 0) is 30.9 Å². The van der Waals surface area contributed by atoms with Crippen LogP contribution in [-0.4, -0.2) is 40.0 Å². The fraction of sp³-hybridized carbons (Fsp3) is 0.500. The molecule has 1 amide bonds. The number of carbonyl (C=O) groups is 1. The molecule has 24 heavy (non-hydrogen) atoms. The first kappa shape index (κ1) is 17.0. The molecule has 0 aromatic carbocycles. The van der Waals surface area contributed by atoms with E-state index < -0.39 is 0 Å². The highest BCUT2D eigenvalue weighted by molar-refractivity contribution is 7.11. The van der Waals surface area contributed by atoms with Crippen molar-refractivity contribution >= 4 is 17.2 Å². The van der Waals surface area contributed by atoms with Crippen molar-refractivity contribution in [3.63, 3.8) is 0 Å². The number of carbonyl (C=O) groups excluding carboxylic acids is 1. The quantitative estimate of drug-likeness (QED) is 0.804. The maximum Gasteiger partial charge on any atom is 0.283 e. The van der Waals surface area contributed by atoms with Crippen molar-refractivity contribution in [1.82, 2.24) is 14.9 Å². The van der Waals surface area contributed by atoms with Gasteiger partial charge in [0.25, 0.3) is 5.91 Å². The van der Waals surface area contributed by atoms with Crippen LogP contribution in [0.1, 0.15) is 53.8 Å². The highest BCUT2D eigenvalue weighted by atomic mass is 32.1. The minimum Gasteiger partial charge on any atom is -0.376 e. The number of pyridine rings is 1. The van der Waals surface area contributed by atoms with E-state index in [0.717, 1.165) is 30.8 Å². The number of hydrogen-bond acceptors (Lipinski definition) is 5. The first-order valence-electron chi connectivity index (χ1n) is 8.39. The van der Waals surface area contributed by atoms with Gasteiger partial charge < -0.3 is 9.64 Å². The average molecular weight is 345 g/mol. The molecule has 0 radical (unpaired) electrons. The molecule has 3 heterocycles. The van der Waals surface area contributed by atoms with Crippen LogP contribution in [0.5, 0.6) is 0 Å². The van der Waals surface area contributed by atoms with E-state index in [4.69, 9.17) is 4.74 Å². The zero-order chi connectivity index (χ0) is 16.9. The predicted octanol–water partition coefficient (Wildman–Crippen LogP) is 3.48. The summed E-state index contributed by atoms with van der Waals surface area (Å²) in [7, 11) is 0. The van der Waals surface area contributed by atoms with E-state index in [2.05, 4.69) is 23.8 Å². The van der Waals surface area contributed by atoms with Gasteiger partial charge in [0.05, 0.1) is 24.0 Å². The van der Waals surface area contributed by atoms with Gasteiger partial charge in [-0.25, -0.2) is 4.98 Å². The van der Waals surface area contributed by atoms with Crippen molar-refractivity contribution in [3.05, 3.63) is 46.2 Å². The van der Waals surface area contributed by atoms with E-state index in [1.807, 2.05) is 28.5 Å². The molecule has 0 N–H and O–H groups in total. The Balaban J connectivity index is 1.77. The molecule has 2 aromatic heterocycles. The van der Waals surface area contributed by atoms with Gasteiger partial charge in [0.1, 0.15) is 0 Å². The number of nitrogens with zero attached hydrogens (tertiary/aromatic N) is 3. The van der Waals surface area contributed by atoms with Crippen molar-refractivity contribution in [2.45, 2.75) is 45.3 Å². The molecule has 0 saturated carbocycles.